The molecule has 0 aliphatic rings. The quantitative estimate of drug-likeness (QED) is 0.891. The van der Waals surface area contributed by atoms with Crippen LogP contribution in [0.1, 0.15) is 10.7 Å². The molecule has 17 heavy (non-hydrogen) atoms. The van der Waals surface area contributed by atoms with Gasteiger partial charge in [-0.2, -0.15) is 10.2 Å². The number of thiazole rings is 1. The molecular weight excluding hydrogens is 238 g/mol. The van der Waals surface area contributed by atoms with E-state index >= 15 is 0 Å². The fourth-order valence-corrected chi connectivity index (χ4v) is 1.82. The van der Waals surface area contributed by atoms with Crippen molar-refractivity contribution in [2.45, 2.75) is 6.92 Å². The Morgan fingerprint density at radius 3 is 2.94 bits per heavy atom. The zero-order chi connectivity index (χ0) is 12.3. The summed E-state index contributed by atoms with van der Waals surface area (Å²) in [7, 11) is 1.54. The van der Waals surface area contributed by atoms with Crippen LogP contribution in [0.4, 0.5) is 10.9 Å². The lowest BCUT2D eigenvalue weighted by Crippen LogP contribution is -1.98. The molecule has 0 spiro atoms. The van der Waals surface area contributed by atoms with E-state index in [1.807, 2.05) is 6.07 Å². The van der Waals surface area contributed by atoms with Crippen LogP contribution in [0.15, 0.2) is 12.3 Å². The van der Waals surface area contributed by atoms with Crippen LogP contribution < -0.4 is 10.1 Å². The Labute approximate surface area is 102 Å². The van der Waals surface area contributed by atoms with Gasteiger partial charge in [-0.15, -0.1) is 0 Å². The van der Waals surface area contributed by atoms with Crippen LogP contribution in [0.3, 0.4) is 0 Å². The lowest BCUT2D eigenvalue weighted by atomic mass is 10.5. The molecule has 0 aliphatic carbocycles. The SMILES string of the molecule is COc1cc(Nc2ncc(C#N)s2)nc(C)n1. The minimum Gasteiger partial charge on any atom is -0.481 e. The normalized spacial score (nSPS) is 9.71. The predicted molar refractivity (Wildman–Crippen MR) is 63.4 cm³/mol. The van der Waals surface area contributed by atoms with Gasteiger partial charge in [-0.05, 0) is 6.92 Å². The molecule has 0 fully saturated rings. The van der Waals surface area contributed by atoms with Crippen molar-refractivity contribution in [3.63, 3.8) is 0 Å². The van der Waals surface area contributed by atoms with Crippen molar-refractivity contribution in [1.82, 2.24) is 15.0 Å². The Balaban J connectivity index is 2.23. The van der Waals surface area contributed by atoms with Crippen molar-refractivity contribution in [1.29, 1.82) is 5.26 Å². The molecule has 0 radical (unpaired) electrons. The lowest BCUT2D eigenvalue weighted by Gasteiger charge is -2.04. The molecule has 0 aliphatic heterocycles. The monoisotopic (exact) mass is 247 g/mol. The summed E-state index contributed by atoms with van der Waals surface area (Å²) < 4.78 is 5.04. The molecule has 0 unspecified atom stereocenters. The molecule has 6 nitrogen and oxygen atoms in total. The van der Waals surface area contributed by atoms with Gasteiger partial charge in [-0.1, -0.05) is 11.3 Å². The number of hydrogen-bond donors (Lipinski definition) is 1. The number of nitriles is 1. The highest BCUT2D eigenvalue weighted by Gasteiger charge is 2.05. The minimum atomic E-state index is 0.483. The maximum absolute atomic E-state index is 8.69. The Hall–Kier alpha value is -2.20. The first-order chi connectivity index (χ1) is 8.21. The first-order valence-corrected chi connectivity index (χ1v) is 5.55. The van der Waals surface area contributed by atoms with Crippen LogP contribution in [0.2, 0.25) is 0 Å². The Kier molecular flexibility index (Phi) is 3.16. The number of rotatable bonds is 3. The van der Waals surface area contributed by atoms with E-state index in [2.05, 4.69) is 20.3 Å². The number of aryl methyl sites for hydroxylation is 1. The summed E-state index contributed by atoms with van der Waals surface area (Å²) in [6, 6.07) is 3.69. The van der Waals surface area contributed by atoms with Crippen LogP contribution in [0.5, 0.6) is 5.88 Å². The third kappa shape index (κ3) is 2.68. The minimum absolute atomic E-state index is 0.483. The van der Waals surface area contributed by atoms with Crippen LogP contribution in [-0.2, 0) is 0 Å². The van der Waals surface area contributed by atoms with Gasteiger partial charge in [0, 0.05) is 6.07 Å². The number of hydrogen-bond acceptors (Lipinski definition) is 7. The molecule has 2 rings (SSSR count). The zero-order valence-electron chi connectivity index (χ0n) is 9.26. The molecule has 86 valence electrons. The van der Waals surface area contributed by atoms with E-state index in [1.165, 1.54) is 17.5 Å². The molecule has 1 N–H and O–H groups in total. The molecule has 0 amide bonds. The standard InChI is InChI=1S/C10H9N5OS/c1-6-13-8(3-9(14-6)16-2)15-10-12-5-7(4-11)17-10/h3,5H,1-2H3,(H,12,13,14,15). The summed E-state index contributed by atoms with van der Waals surface area (Å²) in [5.41, 5.74) is 0. The fraction of sp³-hybridized carbons (Fsp3) is 0.200. The molecule has 0 atom stereocenters. The summed E-state index contributed by atoms with van der Waals surface area (Å²) in [5, 5.41) is 12.3. The molecule has 0 saturated heterocycles. The maximum Gasteiger partial charge on any atom is 0.218 e. The van der Waals surface area contributed by atoms with E-state index in [0.717, 1.165) is 0 Å². The topological polar surface area (TPSA) is 83.7 Å². The Bertz CT molecular complexity index is 574. The molecular formula is C10H9N5OS. The number of ether oxygens (including phenoxy) is 1. The summed E-state index contributed by atoms with van der Waals surface area (Å²) in [6.07, 6.45) is 1.51. The number of nitrogens with one attached hydrogen (secondary N) is 1. The van der Waals surface area contributed by atoms with Gasteiger partial charge in [0.25, 0.3) is 0 Å². The Morgan fingerprint density at radius 2 is 2.29 bits per heavy atom. The maximum atomic E-state index is 8.69. The second kappa shape index (κ2) is 4.76. The zero-order valence-corrected chi connectivity index (χ0v) is 10.1. The molecule has 2 heterocycles. The van der Waals surface area contributed by atoms with Crippen molar-refractivity contribution >= 4 is 22.3 Å². The highest BCUT2D eigenvalue weighted by Crippen LogP contribution is 2.22. The first-order valence-electron chi connectivity index (χ1n) is 4.74. The van der Waals surface area contributed by atoms with Gasteiger partial charge in [-0.3, -0.25) is 0 Å². The second-order valence-electron chi connectivity index (χ2n) is 3.11. The van der Waals surface area contributed by atoms with E-state index in [4.69, 9.17) is 10.00 Å². The van der Waals surface area contributed by atoms with Crippen molar-refractivity contribution < 1.29 is 4.74 Å². The molecule has 2 aromatic rings. The van der Waals surface area contributed by atoms with Gasteiger partial charge >= 0.3 is 0 Å². The van der Waals surface area contributed by atoms with Gasteiger partial charge in [0.15, 0.2) is 5.13 Å². The van der Waals surface area contributed by atoms with Crippen LogP contribution in [-0.4, -0.2) is 22.1 Å². The molecule has 0 saturated carbocycles. The highest BCUT2D eigenvalue weighted by atomic mass is 32.1. The van der Waals surface area contributed by atoms with Crippen LogP contribution in [0, 0.1) is 18.3 Å². The number of anilines is 2. The molecule has 0 aromatic carbocycles. The predicted octanol–water partition coefficient (Wildman–Crippen LogP) is 1.87. The van der Waals surface area contributed by atoms with Crippen LogP contribution in [0.25, 0.3) is 0 Å². The first kappa shape index (κ1) is 11.3. The van der Waals surface area contributed by atoms with E-state index < -0.39 is 0 Å². The highest BCUT2D eigenvalue weighted by molar-refractivity contribution is 7.16. The average Bonchev–Trinajstić information content (AvgIpc) is 2.76. The summed E-state index contributed by atoms with van der Waals surface area (Å²) >= 11 is 1.26. The summed E-state index contributed by atoms with van der Waals surface area (Å²) in [5.74, 6) is 1.68. The molecule has 2 aromatic heterocycles. The van der Waals surface area contributed by atoms with Gasteiger partial charge < -0.3 is 10.1 Å². The number of methoxy groups -OCH3 is 1. The second-order valence-corrected chi connectivity index (χ2v) is 4.14. The Morgan fingerprint density at radius 1 is 1.47 bits per heavy atom. The number of aromatic nitrogens is 3. The molecule has 0 bridgehead atoms. The summed E-state index contributed by atoms with van der Waals surface area (Å²) in [6.45, 7) is 1.77. The molecule has 7 heteroatoms. The van der Waals surface area contributed by atoms with Gasteiger partial charge in [0.1, 0.15) is 22.6 Å². The van der Waals surface area contributed by atoms with Crippen molar-refractivity contribution in [2.24, 2.45) is 0 Å². The van der Waals surface area contributed by atoms with Crippen molar-refractivity contribution in [2.75, 3.05) is 12.4 Å². The fourth-order valence-electron chi connectivity index (χ4n) is 1.20. The summed E-state index contributed by atoms with van der Waals surface area (Å²) in [4.78, 5) is 12.9. The van der Waals surface area contributed by atoms with Gasteiger partial charge in [0.2, 0.25) is 5.88 Å². The van der Waals surface area contributed by atoms with E-state index in [9.17, 15) is 0 Å². The van der Waals surface area contributed by atoms with E-state index in [-0.39, 0.29) is 0 Å². The van der Waals surface area contributed by atoms with Crippen molar-refractivity contribution in [3.05, 3.63) is 23.0 Å². The van der Waals surface area contributed by atoms with Gasteiger partial charge in [-0.25, -0.2) is 9.97 Å². The van der Waals surface area contributed by atoms with Gasteiger partial charge in [0.05, 0.1) is 13.3 Å². The van der Waals surface area contributed by atoms with Crippen LogP contribution >= 0.6 is 11.3 Å². The van der Waals surface area contributed by atoms with Crippen molar-refractivity contribution in [3.8, 4) is 11.9 Å². The largest absolute Gasteiger partial charge is 0.481 e. The average molecular weight is 247 g/mol. The van der Waals surface area contributed by atoms with E-state index in [1.54, 1.807) is 20.1 Å². The third-order valence-corrected chi connectivity index (χ3v) is 2.69. The lowest BCUT2D eigenvalue weighted by molar-refractivity contribution is 0.396. The van der Waals surface area contributed by atoms with E-state index in [0.29, 0.717) is 27.5 Å². The smallest absolute Gasteiger partial charge is 0.218 e. The third-order valence-electron chi connectivity index (χ3n) is 1.87. The number of nitrogens with zero attached hydrogens (tertiary/aromatic N) is 4.